The number of benzene rings is 1. The van der Waals surface area contributed by atoms with Gasteiger partial charge < -0.3 is 9.32 Å². The fourth-order valence-corrected chi connectivity index (χ4v) is 3.58. The molecular weight excluding hydrogens is 342 g/mol. The van der Waals surface area contributed by atoms with Gasteiger partial charge in [0, 0.05) is 22.1 Å². The van der Waals surface area contributed by atoms with Gasteiger partial charge in [0.1, 0.15) is 0 Å². The van der Waals surface area contributed by atoms with Crippen LogP contribution in [0.3, 0.4) is 0 Å². The first-order valence-electron chi connectivity index (χ1n) is 7.71. The molecule has 0 aliphatic carbocycles. The molecule has 1 aromatic heterocycles. The molecule has 3 rings (SSSR count). The zero-order chi connectivity index (χ0) is 15.9. The van der Waals surface area contributed by atoms with Crippen LogP contribution in [0.2, 0.25) is 0 Å². The fourth-order valence-electron chi connectivity index (χ4n) is 2.96. The maximum Gasteiger partial charge on any atom is 0.235 e. The lowest BCUT2D eigenvalue weighted by atomic mass is 9.97. The third-order valence-electron chi connectivity index (χ3n) is 3.97. The van der Waals surface area contributed by atoms with Crippen molar-refractivity contribution in [1.82, 2.24) is 10.2 Å². The Morgan fingerprint density at radius 2 is 2.05 bits per heavy atom. The van der Waals surface area contributed by atoms with Crippen LogP contribution in [0, 0.1) is 6.92 Å². The van der Waals surface area contributed by atoms with E-state index in [2.05, 4.69) is 70.9 Å². The summed E-state index contributed by atoms with van der Waals surface area (Å²) in [5, 5.41) is 8.42. The SMILES string of the molecule is Cc1cc(Br)cc2c1N(Cc1nnc(C(C)(C)C)o1)CCC2. The second kappa shape index (κ2) is 5.69. The van der Waals surface area contributed by atoms with Crippen molar-refractivity contribution in [2.75, 3.05) is 11.4 Å². The second-order valence-corrected chi connectivity index (χ2v) is 7.92. The summed E-state index contributed by atoms with van der Waals surface area (Å²) in [6, 6.07) is 4.40. The van der Waals surface area contributed by atoms with Crippen molar-refractivity contribution in [3.8, 4) is 0 Å². The van der Waals surface area contributed by atoms with Gasteiger partial charge in [-0.1, -0.05) is 36.7 Å². The molecule has 2 aromatic rings. The Balaban J connectivity index is 1.88. The van der Waals surface area contributed by atoms with E-state index >= 15 is 0 Å². The molecule has 0 saturated heterocycles. The smallest absolute Gasteiger partial charge is 0.235 e. The predicted molar refractivity (Wildman–Crippen MR) is 91.2 cm³/mol. The Hall–Kier alpha value is -1.36. The number of fused-ring (bicyclic) bond motifs is 1. The molecule has 1 aromatic carbocycles. The summed E-state index contributed by atoms with van der Waals surface area (Å²) < 4.78 is 7.01. The van der Waals surface area contributed by atoms with Crippen LogP contribution in [0.15, 0.2) is 21.0 Å². The first kappa shape index (κ1) is 15.5. The van der Waals surface area contributed by atoms with Crippen molar-refractivity contribution in [1.29, 1.82) is 0 Å². The van der Waals surface area contributed by atoms with E-state index < -0.39 is 0 Å². The first-order chi connectivity index (χ1) is 10.3. The molecule has 2 heterocycles. The van der Waals surface area contributed by atoms with Gasteiger partial charge in [0.15, 0.2) is 0 Å². The lowest BCUT2D eigenvalue weighted by molar-refractivity contribution is 0.369. The lowest BCUT2D eigenvalue weighted by Gasteiger charge is -2.32. The topological polar surface area (TPSA) is 42.2 Å². The zero-order valence-corrected chi connectivity index (χ0v) is 15.2. The lowest BCUT2D eigenvalue weighted by Crippen LogP contribution is -2.29. The average Bonchev–Trinajstić information content (AvgIpc) is 2.86. The highest BCUT2D eigenvalue weighted by atomic mass is 79.9. The molecule has 22 heavy (non-hydrogen) atoms. The van der Waals surface area contributed by atoms with Gasteiger partial charge in [0.25, 0.3) is 0 Å². The van der Waals surface area contributed by atoms with Gasteiger partial charge in [0.2, 0.25) is 11.8 Å². The summed E-state index contributed by atoms with van der Waals surface area (Å²) in [6.45, 7) is 10.1. The number of rotatable bonds is 2. The summed E-state index contributed by atoms with van der Waals surface area (Å²) >= 11 is 3.59. The summed E-state index contributed by atoms with van der Waals surface area (Å²) in [7, 11) is 0. The van der Waals surface area contributed by atoms with Gasteiger partial charge >= 0.3 is 0 Å². The van der Waals surface area contributed by atoms with Gasteiger partial charge in [-0.25, -0.2) is 0 Å². The van der Waals surface area contributed by atoms with E-state index in [0.717, 1.165) is 23.9 Å². The van der Waals surface area contributed by atoms with Crippen molar-refractivity contribution in [2.24, 2.45) is 0 Å². The van der Waals surface area contributed by atoms with Crippen LogP contribution >= 0.6 is 15.9 Å². The molecule has 5 heteroatoms. The number of halogens is 1. The van der Waals surface area contributed by atoms with Crippen molar-refractivity contribution in [3.05, 3.63) is 39.5 Å². The molecule has 0 spiro atoms. The van der Waals surface area contributed by atoms with Gasteiger partial charge in [-0.3, -0.25) is 0 Å². The first-order valence-corrected chi connectivity index (χ1v) is 8.51. The van der Waals surface area contributed by atoms with Crippen LogP contribution in [0.1, 0.15) is 50.1 Å². The predicted octanol–water partition coefficient (Wildman–Crippen LogP) is 4.39. The van der Waals surface area contributed by atoms with Crippen LogP contribution in [0.5, 0.6) is 0 Å². The molecule has 1 aliphatic rings. The summed E-state index contributed by atoms with van der Waals surface area (Å²) in [6.07, 6.45) is 2.28. The van der Waals surface area contributed by atoms with Gasteiger partial charge in [0.05, 0.1) is 6.54 Å². The van der Waals surface area contributed by atoms with Crippen molar-refractivity contribution in [3.63, 3.8) is 0 Å². The molecular formula is C17H22BrN3O. The van der Waals surface area contributed by atoms with Crippen LogP contribution in [-0.4, -0.2) is 16.7 Å². The number of aryl methyl sites for hydroxylation is 2. The molecule has 0 unspecified atom stereocenters. The van der Waals surface area contributed by atoms with Gasteiger partial charge in [-0.15, -0.1) is 10.2 Å². The maximum atomic E-state index is 5.86. The fraction of sp³-hybridized carbons (Fsp3) is 0.529. The highest BCUT2D eigenvalue weighted by Crippen LogP contribution is 2.34. The molecule has 0 amide bonds. The average molecular weight is 364 g/mol. The van der Waals surface area contributed by atoms with Gasteiger partial charge in [-0.05, 0) is 43.0 Å². The van der Waals surface area contributed by atoms with Crippen molar-refractivity contribution < 1.29 is 4.42 Å². The standard InChI is InChI=1S/C17H22BrN3O/c1-11-8-13(18)9-12-6-5-7-21(15(11)12)10-14-19-20-16(22-14)17(2,3)4/h8-9H,5-7,10H2,1-4H3. The molecule has 4 nitrogen and oxygen atoms in total. The Morgan fingerprint density at radius 1 is 1.27 bits per heavy atom. The zero-order valence-electron chi connectivity index (χ0n) is 13.6. The molecule has 1 aliphatic heterocycles. The molecule has 0 N–H and O–H groups in total. The molecule has 0 bridgehead atoms. The van der Waals surface area contributed by atoms with E-state index in [9.17, 15) is 0 Å². The number of nitrogens with zero attached hydrogens (tertiary/aromatic N) is 3. The number of hydrogen-bond donors (Lipinski definition) is 0. The van der Waals surface area contributed by atoms with E-state index in [-0.39, 0.29) is 5.41 Å². The van der Waals surface area contributed by atoms with E-state index in [1.807, 2.05) is 0 Å². The Bertz CT molecular complexity index is 688. The minimum atomic E-state index is -0.105. The highest BCUT2D eigenvalue weighted by Gasteiger charge is 2.24. The molecule has 0 radical (unpaired) electrons. The van der Waals surface area contributed by atoms with E-state index in [0.29, 0.717) is 18.3 Å². The monoisotopic (exact) mass is 363 g/mol. The Kier molecular flexibility index (Phi) is 4.02. The van der Waals surface area contributed by atoms with Crippen molar-refractivity contribution in [2.45, 2.75) is 52.5 Å². The quantitative estimate of drug-likeness (QED) is 0.793. The minimum Gasteiger partial charge on any atom is -0.423 e. The maximum absolute atomic E-state index is 5.86. The molecule has 0 saturated carbocycles. The number of hydrogen-bond acceptors (Lipinski definition) is 4. The Labute approximate surface area is 140 Å². The third-order valence-corrected chi connectivity index (χ3v) is 4.43. The summed E-state index contributed by atoms with van der Waals surface area (Å²) in [4.78, 5) is 2.36. The van der Waals surface area contributed by atoms with Crippen LogP contribution in [0.25, 0.3) is 0 Å². The van der Waals surface area contributed by atoms with Crippen LogP contribution in [0.4, 0.5) is 5.69 Å². The molecule has 0 atom stereocenters. The van der Waals surface area contributed by atoms with E-state index in [4.69, 9.17) is 4.42 Å². The number of aromatic nitrogens is 2. The normalized spacial score (nSPS) is 15.0. The van der Waals surface area contributed by atoms with E-state index in [1.165, 1.54) is 16.8 Å². The summed E-state index contributed by atoms with van der Waals surface area (Å²) in [5.41, 5.74) is 3.91. The van der Waals surface area contributed by atoms with Crippen molar-refractivity contribution >= 4 is 21.6 Å². The second-order valence-electron chi connectivity index (χ2n) is 7.01. The van der Waals surface area contributed by atoms with Gasteiger partial charge in [-0.2, -0.15) is 0 Å². The summed E-state index contributed by atoms with van der Waals surface area (Å²) in [5.74, 6) is 1.40. The van der Waals surface area contributed by atoms with E-state index in [1.54, 1.807) is 0 Å². The molecule has 118 valence electrons. The largest absolute Gasteiger partial charge is 0.423 e. The van der Waals surface area contributed by atoms with Crippen LogP contribution < -0.4 is 4.90 Å². The van der Waals surface area contributed by atoms with Crippen LogP contribution in [-0.2, 0) is 18.4 Å². The minimum absolute atomic E-state index is 0.105. The highest BCUT2D eigenvalue weighted by molar-refractivity contribution is 9.10. The third kappa shape index (κ3) is 3.05. The molecule has 0 fully saturated rings. The Morgan fingerprint density at radius 3 is 2.73 bits per heavy atom. The number of anilines is 1.